The Hall–Kier alpha value is -2.44. The summed E-state index contributed by atoms with van der Waals surface area (Å²) in [5.41, 5.74) is 2.76. The molecule has 0 radical (unpaired) electrons. The molecule has 7 nitrogen and oxygen atoms in total. The first-order chi connectivity index (χ1) is 8.56. The van der Waals surface area contributed by atoms with Crippen molar-refractivity contribution >= 4 is 17.5 Å². The van der Waals surface area contributed by atoms with Crippen LogP contribution in [0, 0.1) is 10.1 Å². The number of para-hydroxylation sites is 1. The van der Waals surface area contributed by atoms with Gasteiger partial charge in [0.2, 0.25) is 0 Å². The van der Waals surface area contributed by atoms with Crippen LogP contribution in [-0.4, -0.2) is 23.3 Å². The number of hydrazone groups is 1. The van der Waals surface area contributed by atoms with Gasteiger partial charge in [-0.25, -0.2) is 10.2 Å². The maximum atomic E-state index is 11.0. The number of carbonyl (C=O) groups excluding carboxylic acids is 1. The third-order valence-electron chi connectivity index (χ3n) is 2.08. The second-order valence-electron chi connectivity index (χ2n) is 3.30. The molecular weight excluding hydrogens is 238 g/mol. The first-order valence-electron chi connectivity index (χ1n) is 5.27. The molecule has 1 amide bonds. The van der Waals surface area contributed by atoms with E-state index in [4.69, 9.17) is 0 Å². The molecule has 0 saturated carbocycles. The van der Waals surface area contributed by atoms with Gasteiger partial charge in [0.15, 0.2) is 0 Å². The monoisotopic (exact) mass is 251 g/mol. The number of hydrogen-bond acceptors (Lipinski definition) is 5. The Labute approximate surface area is 104 Å². The normalized spacial score (nSPS) is 10.9. The number of nitro groups is 1. The molecule has 0 atom stereocenters. The highest BCUT2D eigenvalue weighted by Crippen LogP contribution is 2.18. The first kappa shape index (κ1) is 13.6. The van der Waals surface area contributed by atoms with Gasteiger partial charge in [-0.3, -0.25) is 10.1 Å². The van der Waals surface area contributed by atoms with Gasteiger partial charge in [-0.15, -0.1) is 0 Å². The minimum absolute atomic E-state index is 0.0654. The minimum atomic E-state index is -0.699. The molecule has 0 unspecified atom stereocenters. The summed E-state index contributed by atoms with van der Waals surface area (Å²) in [6, 6.07) is 6.15. The Kier molecular flexibility index (Phi) is 4.79. The van der Waals surface area contributed by atoms with Gasteiger partial charge < -0.3 is 4.74 Å². The second-order valence-corrected chi connectivity index (χ2v) is 3.30. The average Bonchev–Trinajstić information content (AvgIpc) is 2.36. The van der Waals surface area contributed by atoms with Gasteiger partial charge in [0.1, 0.15) is 0 Å². The van der Waals surface area contributed by atoms with Crippen molar-refractivity contribution in [3.05, 3.63) is 39.9 Å². The molecule has 1 aromatic rings. The van der Waals surface area contributed by atoms with E-state index in [9.17, 15) is 14.9 Å². The highest BCUT2D eigenvalue weighted by atomic mass is 16.6. The lowest BCUT2D eigenvalue weighted by atomic mass is 10.1. The lowest BCUT2D eigenvalue weighted by Gasteiger charge is -2.03. The van der Waals surface area contributed by atoms with E-state index in [1.54, 1.807) is 32.0 Å². The third-order valence-corrected chi connectivity index (χ3v) is 2.08. The zero-order valence-corrected chi connectivity index (χ0v) is 10.0. The number of carbonyl (C=O) groups is 1. The predicted octanol–water partition coefficient (Wildman–Crippen LogP) is 2.06. The average molecular weight is 251 g/mol. The number of nitrogens with zero attached hydrogens (tertiary/aromatic N) is 2. The van der Waals surface area contributed by atoms with E-state index >= 15 is 0 Å². The summed E-state index contributed by atoms with van der Waals surface area (Å²) in [6.07, 6.45) is -0.699. The Morgan fingerprint density at radius 3 is 2.78 bits per heavy atom. The SMILES string of the molecule is CCOC(=O)N/N=C(/C)c1ccccc1[N+](=O)[O-]. The second kappa shape index (κ2) is 6.33. The van der Waals surface area contributed by atoms with Gasteiger partial charge in [-0.1, -0.05) is 12.1 Å². The van der Waals surface area contributed by atoms with E-state index < -0.39 is 11.0 Å². The van der Waals surface area contributed by atoms with Crippen molar-refractivity contribution in [2.45, 2.75) is 13.8 Å². The van der Waals surface area contributed by atoms with E-state index in [-0.39, 0.29) is 12.3 Å². The Morgan fingerprint density at radius 1 is 1.50 bits per heavy atom. The maximum Gasteiger partial charge on any atom is 0.427 e. The molecule has 96 valence electrons. The number of amides is 1. The molecule has 1 N–H and O–H groups in total. The number of benzene rings is 1. The first-order valence-corrected chi connectivity index (χ1v) is 5.27. The number of nitro benzene ring substituents is 1. The van der Waals surface area contributed by atoms with Crippen LogP contribution < -0.4 is 5.43 Å². The van der Waals surface area contributed by atoms with Crippen molar-refractivity contribution in [1.29, 1.82) is 0 Å². The molecular formula is C11H13N3O4. The molecule has 7 heteroatoms. The summed E-state index contributed by atoms with van der Waals surface area (Å²) < 4.78 is 4.61. The largest absolute Gasteiger partial charge is 0.449 e. The van der Waals surface area contributed by atoms with Gasteiger partial charge in [0, 0.05) is 6.07 Å². The van der Waals surface area contributed by atoms with E-state index in [2.05, 4.69) is 15.3 Å². The lowest BCUT2D eigenvalue weighted by molar-refractivity contribution is -0.385. The van der Waals surface area contributed by atoms with E-state index in [0.717, 1.165) is 0 Å². The Bertz CT molecular complexity index is 485. The number of hydrogen-bond donors (Lipinski definition) is 1. The van der Waals surface area contributed by atoms with Crippen LogP contribution >= 0.6 is 0 Å². The standard InChI is InChI=1S/C11H13N3O4/c1-3-18-11(15)13-12-8(2)9-6-4-5-7-10(9)14(16)17/h4-7H,3H2,1-2H3,(H,13,15)/b12-8-. The predicted molar refractivity (Wildman–Crippen MR) is 65.5 cm³/mol. The van der Waals surface area contributed by atoms with Gasteiger partial charge in [0.05, 0.1) is 22.8 Å². The molecule has 18 heavy (non-hydrogen) atoms. The summed E-state index contributed by atoms with van der Waals surface area (Å²) >= 11 is 0. The van der Waals surface area contributed by atoms with Crippen LogP contribution in [0.4, 0.5) is 10.5 Å². The molecule has 0 bridgehead atoms. The molecule has 0 aromatic heterocycles. The van der Waals surface area contributed by atoms with Crippen molar-refractivity contribution in [2.24, 2.45) is 5.10 Å². The molecule has 0 aliphatic carbocycles. The van der Waals surface area contributed by atoms with Gasteiger partial charge in [0.25, 0.3) is 5.69 Å². The number of rotatable bonds is 4. The minimum Gasteiger partial charge on any atom is -0.449 e. The zero-order valence-electron chi connectivity index (χ0n) is 10.0. The van der Waals surface area contributed by atoms with Crippen LogP contribution in [-0.2, 0) is 4.74 Å². The fraction of sp³-hybridized carbons (Fsp3) is 0.273. The fourth-order valence-corrected chi connectivity index (χ4v) is 1.29. The van der Waals surface area contributed by atoms with Crippen molar-refractivity contribution in [3.8, 4) is 0 Å². The van der Waals surface area contributed by atoms with E-state index in [0.29, 0.717) is 11.3 Å². The van der Waals surface area contributed by atoms with Crippen LogP contribution in [0.25, 0.3) is 0 Å². The molecule has 0 spiro atoms. The fourth-order valence-electron chi connectivity index (χ4n) is 1.29. The summed E-state index contributed by atoms with van der Waals surface area (Å²) in [5, 5.41) is 14.5. The lowest BCUT2D eigenvalue weighted by Crippen LogP contribution is -2.20. The van der Waals surface area contributed by atoms with Crippen LogP contribution in [0.1, 0.15) is 19.4 Å². The molecule has 1 aromatic carbocycles. The smallest absolute Gasteiger partial charge is 0.427 e. The zero-order chi connectivity index (χ0) is 13.5. The number of ether oxygens (including phenoxy) is 1. The highest BCUT2D eigenvalue weighted by molar-refractivity contribution is 6.02. The third kappa shape index (κ3) is 3.55. The van der Waals surface area contributed by atoms with Crippen molar-refractivity contribution < 1.29 is 14.5 Å². The van der Waals surface area contributed by atoms with Crippen LogP contribution in [0.3, 0.4) is 0 Å². The van der Waals surface area contributed by atoms with E-state index in [1.807, 2.05) is 0 Å². The molecule has 1 rings (SSSR count). The summed E-state index contributed by atoms with van der Waals surface area (Å²) in [4.78, 5) is 21.3. The molecule has 0 aliphatic rings. The van der Waals surface area contributed by atoms with Crippen molar-refractivity contribution in [1.82, 2.24) is 5.43 Å². The van der Waals surface area contributed by atoms with Crippen molar-refractivity contribution in [2.75, 3.05) is 6.61 Å². The molecule has 0 aliphatic heterocycles. The molecule has 0 saturated heterocycles. The quantitative estimate of drug-likeness (QED) is 0.503. The van der Waals surface area contributed by atoms with Gasteiger partial charge >= 0.3 is 6.09 Å². The van der Waals surface area contributed by atoms with E-state index in [1.165, 1.54) is 6.07 Å². The Balaban J connectivity index is 2.90. The Morgan fingerprint density at radius 2 is 2.17 bits per heavy atom. The van der Waals surface area contributed by atoms with Gasteiger partial charge in [-0.2, -0.15) is 5.10 Å². The van der Waals surface area contributed by atoms with Crippen LogP contribution in [0.5, 0.6) is 0 Å². The maximum absolute atomic E-state index is 11.0. The summed E-state index contributed by atoms with van der Waals surface area (Å²) in [5.74, 6) is 0. The summed E-state index contributed by atoms with van der Waals surface area (Å²) in [7, 11) is 0. The molecule has 0 fully saturated rings. The van der Waals surface area contributed by atoms with Crippen LogP contribution in [0.15, 0.2) is 29.4 Å². The topological polar surface area (TPSA) is 93.8 Å². The van der Waals surface area contributed by atoms with Gasteiger partial charge in [-0.05, 0) is 19.9 Å². The number of nitrogens with one attached hydrogen (secondary N) is 1. The van der Waals surface area contributed by atoms with Crippen molar-refractivity contribution in [3.63, 3.8) is 0 Å². The highest BCUT2D eigenvalue weighted by Gasteiger charge is 2.14. The van der Waals surface area contributed by atoms with Crippen LogP contribution in [0.2, 0.25) is 0 Å². The summed E-state index contributed by atoms with van der Waals surface area (Å²) in [6.45, 7) is 3.46. The molecule has 0 heterocycles.